The van der Waals surface area contributed by atoms with Crippen LogP contribution in [0.3, 0.4) is 0 Å². The number of carbonyl (C=O) groups excluding carboxylic acids is 1. The van der Waals surface area contributed by atoms with E-state index in [9.17, 15) is 13.2 Å². The lowest BCUT2D eigenvalue weighted by molar-refractivity contribution is 0.0521. The Morgan fingerprint density at radius 3 is 2.70 bits per heavy atom. The number of aromatic nitrogens is 2. The van der Waals surface area contributed by atoms with Crippen LogP contribution in [0, 0.1) is 6.92 Å². The molecule has 2 heterocycles. The van der Waals surface area contributed by atoms with Crippen molar-refractivity contribution in [3.05, 3.63) is 11.5 Å². The van der Waals surface area contributed by atoms with Crippen LogP contribution in [0.2, 0.25) is 0 Å². The molecular formula is C12H19N3O4S. The topological polar surface area (TPSA) is 104 Å². The maximum atomic E-state index is 11.8. The Labute approximate surface area is 118 Å². The fourth-order valence-electron chi connectivity index (χ4n) is 2.75. The molecule has 20 heavy (non-hydrogen) atoms. The number of ether oxygens (including phenoxy) is 1. The van der Waals surface area contributed by atoms with Crippen LogP contribution in [0.25, 0.3) is 0 Å². The number of aryl methyl sites for hydroxylation is 1. The first-order valence-corrected chi connectivity index (χ1v) is 8.25. The molecule has 1 fully saturated rings. The standard InChI is InChI=1S/C12H19N3O4S/c1-4-19-11(16)9-10(13)15(8(2)14-9)12(3)5-6-20(17,18)7-12/h4-7,13H2,1-3H3. The van der Waals surface area contributed by atoms with Crippen LogP contribution in [0.1, 0.15) is 36.6 Å². The van der Waals surface area contributed by atoms with E-state index in [0.717, 1.165) is 0 Å². The van der Waals surface area contributed by atoms with E-state index >= 15 is 0 Å². The zero-order valence-electron chi connectivity index (χ0n) is 11.8. The second-order valence-corrected chi connectivity index (χ2v) is 7.47. The van der Waals surface area contributed by atoms with Gasteiger partial charge in [0.1, 0.15) is 11.6 Å². The highest BCUT2D eigenvalue weighted by atomic mass is 32.2. The van der Waals surface area contributed by atoms with Crippen LogP contribution >= 0.6 is 0 Å². The molecule has 0 aliphatic carbocycles. The number of carbonyl (C=O) groups is 1. The molecule has 7 nitrogen and oxygen atoms in total. The van der Waals surface area contributed by atoms with Gasteiger partial charge in [-0.05, 0) is 27.2 Å². The lowest BCUT2D eigenvalue weighted by Gasteiger charge is -2.27. The third-order valence-electron chi connectivity index (χ3n) is 3.57. The molecule has 0 amide bonds. The number of nitrogens with zero attached hydrogens (tertiary/aromatic N) is 2. The van der Waals surface area contributed by atoms with Gasteiger partial charge in [0.15, 0.2) is 15.5 Å². The van der Waals surface area contributed by atoms with Crippen molar-refractivity contribution in [3.8, 4) is 0 Å². The van der Waals surface area contributed by atoms with Gasteiger partial charge in [0.25, 0.3) is 0 Å². The number of hydrogen-bond donors (Lipinski definition) is 1. The SMILES string of the molecule is CCOC(=O)c1nc(C)n(C2(C)CCS(=O)(=O)C2)c1N. The number of hydrogen-bond acceptors (Lipinski definition) is 6. The summed E-state index contributed by atoms with van der Waals surface area (Å²) in [4.78, 5) is 15.9. The Kier molecular flexibility index (Phi) is 3.53. The molecule has 0 aromatic carbocycles. The smallest absolute Gasteiger partial charge is 0.360 e. The van der Waals surface area contributed by atoms with Gasteiger partial charge in [0.2, 0.25) is 0 Å². The second-order valence-electron chi connectivity index (χ2n) is 5.29. The Bertz CT molecular complexity index is 650. The van der Waals surface area contributed by atoms with Crippen molar-refractivity contribution >= 4 is 21.6 Å². The molecular weight excluding hydrogens is 282 g/mol. The number of imidazole rings is 1. The second kappa shape index (κ2) is 4.76. The van der Waals surface area contributed by atoms with Gasteiger partial charge in [-0.2, -0.15) is 0 Å². The first-order chi connectivity index (χ1) is 9.20. The fraction of sp³-hybridized carbons (Fsp3) is 0.667. The van der Waals surface area contributed by atoms with E-state index in [2.05, 4.69) is 4.98 Å². The lowest BCUT2D eigenvalue weighted by Crippen LogP contribution is -2.33. The summed E-state index contributed by atoms with van der Waals surface area (Å²) >= 11 is 0. The molecule has 1 aromatic heterocycles. The molecule has 0 bridgehead atoms. The minimum atomic E-state index is -3.08. The van der Waals surface area contributed by atoms with E-state index in [1.165, 1.54) is 0 Å². The molecule has 1 atom stereocenters. The molecule has 1 aliphatic rings. The largest absolute Gasteiger partial charge is 0.461 e. The highest BCUT2D eigenvalue weighted by Gasteiger charge is 2.42. The van der Waals surface area contributed by atoms with Crippen molar-refractivity contribution in [1.82, 2.24) is 9.55 Å². The summed E-state index contributed by atoms with van der Waals surface area (Å²) in [7, 11) is -3.08. The molecule has 1 aromatic rings. The summed E-state index contributed by atoms with van der Waals surface area (Å²) in [6, 6.07) is 0. The normalized spacial score (nSPS) is 24.8. The zero-order chi connectivity index (χ0) is 15.1. The number of nitrogen functional groups attached to an aromatic ring is 1. The van der Waals surface area contributed by atoms with Gasteiger partial charge < -0.3 is 15.0 Å². The summed E-state index contributed by atoms with van der Waals surface area (Å²) in [6.07, 6.45) is 0.457. The predicted octanol–water partition coefficient (Wildman–Crippen LogP) is 0.484. The Balaban J connectivity index is 2.46. The highest BCUT2D eigenvalue weighted by Crippen LogP contribution is 2.35. The molecule has 2 rings (SSSR count). The van der Waals surface area contributed by atoms with Crippen LogP contribution in [0.15, 0.2) is 0 Å². The summed E-state index contributed by atoms with van der Waals surface area (Å²) in [5.74, 6) is 0.223. The summed E-state index contributed by atoms with van der Waals surface area (Å²) < 4.78 is 30.0. The average Bonchev–Trinajstić information content (AvgIpc) is 2.77. The van der Waals surface area contributed by atoms with Gasteiger partial charge in [-0.25, -0.2) is 18.2 Å². The Hall–Kier alpha value is -1.57. The van der Waals surface area contributed by atoms with E-state index in [4.69, 9.17) is 10.5 Å². The van der Waals surface area contributed by atoms with Gasteiger partial charge in [-0.15, -0.1) is 0 Å². The van der Waals surface area contributed by atoms with Crippen LogP contribution in [-0.2, 0) is 20.1 Å². The van der Waals surface area contributed by atoms with Crippen LogP contribution in [0.5, 0.6) is 0 Å². The molecule has 1 saturated heterocycles. The van der Waals surface area contributed by atoms with E-state index in [-0.39, 0.29) is 29.6 Å². The number of nitrogens with two attached hydrogens (primary N) is 1. The van der Waals surface area contributed by atoms with E-state index in [1.807, 2.05) is 6.92 Å². The third kappa shape index (κ3) is 2.39. The molecule has 112 valence electrons. The average molecular weight is 301 g/mol. The minimum Gasteiger partial charge on any atom is -0.461 e. The van der Waals surface area contributed by atoms with E-state index < -0.39 is 21.3 Å². The van der Waals surface area contributed by atoms with Gasteiger partial charge in [0.05, 0.1) is 23.7 Å². The van der Waals surface area contributed by atoms with Crippen molar-refractivity contribution < 1.29 is 17.9 Å². The molecule has 1 unspecified atom stereocenters. The molecule has 0 spiro atoms. The van der Waals surface area contributed by atoms with E-state index in [0.29, 0.717) is 12.2 Å². The Morgan fingerprint density at radius 2 is 2.20 bits per heavy atom. The van der Waals surface area contributed by atoms with E-state index in [1.54, 1.807) is 18.4 Å². The molecule has 0 radical (unpaired) electrons. The molecule has 8 heteroatoms. The van der Waals surface area contributed by atoms with Crippen LogP contribution in [-0.4, -0.2) is 42.1 Å². The van der Waals surface area contributed by atoms with Gasteiger partial charge in [-0.3, -0.25) is 0 Å². The maximum absolute atomic E-state index is 11.8. The summed E-state index contributed by atoms with van der Waals surface area (Å²) in [6.45, 7) is 5.45. The van der Waals surface area contributed by atoms with Crippen molar-refractivity contribution in [2.24, 2.45) is 0 Å². The number of rotatable bonds is 3. The summed E-state index contributed by atoms with van der Waals surface area (Å²) in [5.41, 5.74) is 5.38. The molecule has 0 saturated carbocycles. The number of esters is 1. The molecule has 2 N–H and O–H groups in total. The highest BCUT2D eigenvalue weighted by molar-refractivity contribution is 7.91. The first-order valence-electron chi connectivity index (χ1n) is 6.43. The zero-order valence-corrected chi connectivity index (χ0v) is 12.7. The number of sulfone groups is 1. The van der Waals surface area contributed by atoms with Crippen molar-refractivity contribution in [2.45, 2.75) is 32.7 Å². The minimum absolute atomic E-state index is 0.00364. The monoisotopic (exact) mass is 301 g/mol. The summed E-state index contributed by atoms with van der Waals surface area (Å²) in [5, 5.41) is 0. The van der Waals surface area contributed by atoms with Crippen molar-refractivity contribution in [2.75, 3.05) is 23.8 Å². The molecule has 1 aliphatic heterocycles. The predicted molar refractivity (Wildman–Crippen MR) is 74.3 cm³/mol. The van der Waals surface area contributed by atoms with Crippen molar-refractivity contribution in [3.63, 3.8) is 0 Å². The quantitative estimate of drug-likeness (QED) is 0.814. The Morgan fingerprint density at radius 1 is 1.55 bits per heavy atom. The van der Waals surface area contributed by atoms with Gasteiger partial charge >= 0.3 is 5.97 Å². The number of anilines is 1. The van der Waals surface area contributed by atoms with Gasteiger partial charge in [0, 0.05) is 0 Å². The van der Waals surface area contributed by atoms with Crippen LogP contribution in [0.4, 0.5) is 5.82 Å². The van der Waals surface area contributed by atoms with Gasteiger partial charge in [-0.1, -0.05) is 0 Å². The lowest BCUT2D eigenvalue weighted by atomic mass is 10.0. The first kappa shape index (κ1) is 14.8. The third-order valence-corrected chi connectivity index (χ3v) is 5.46. The van der Waals surface area contributed by atoms with Crippen molar-refractivity contribution in [1.29, 1.82) is 0 Å². The fourth-order valence-corrected chi connectivity index (χ4v) is 4.87. The maximum Gasteiger partial charge on any atom is 0.360 e. The van der Waals surface area contributed by atoms with Crippen LogP contribution < -0.4 is 5.73 Å².